The van der Waals surface area contributed by atoms with Crippen LogP contribution in [0.5, 0.6) is 0 Å². The van der Waals surface area contributed by atoms with Gasteiger partial charge in [-0.3, -0.25) is 4.79 Å². The van der Waals surface area contributed by atoms with Gasteiger partial charge in [-0.1, -0.05) is 6.07 Å². The van der Waals surface area contributed by atoms with E-state index in [1.54, 1.807) is 30.5 Å². The Morgan fingerprint density at radius 1 is 1.11 bits per heavy atom. The third-order valence-corrected chi connectivity index (χ3v) is 7.23. The first-order valence-corrected chi connectivity index (χ1v) is 13.3. The van der Waals surface area contributed by atoms with Gasteiger partial charge >= 0.3 is 0 Å². The number of nitrogens with zero attached hydrogens (tertiary/aromatic N) is 2. The summed E-state index contributed by atoms with van der Waals surface area (Å²) in [7, 11) is -2.45. The molecular formula is C26H27N5O5S. The molecule has 1 fully saturated rings. The highest BCUT2D eigenvalue weighted by Crippen LogP contribution is 2.30. The van der Waals surface area contributed by atoms with E-state index < -0.39 is 10.0 Å². The van der Waals surface area contributed by atoms with Gasteiger partial charge in [-0.05, 0) is 59.5 Å². The fourth-order valence-corrected chi connectivity index (χ4v) is 5.19. The number of ether oxygens (including phenoxy) is 2. The summed E-state index contributed by atoms with van der Waals surface area (Å²) in [6.07, 6.45) is 1.58. The molecule has 2 aromatic carbocycles. The zero-order valence-corrected chi connectivity index (χ0v) is 21.0. The van der Waals surface area contributed by atoms with Crippen molar-refractivity contribution in [3.05, 3.63) is 76.7 Å². The first-order valence-electron chi connectivity index (χ1n) is 11.7. The van der Waals surface area contributed by atoms with Crippen LogP contribution in [0, 0.1) is 0 Å². The number of nitrogens with one attached hydrogen (secondary N) is 2. The predicted octanol–water partition coefficient (Wildman–Crippen LogP) is 2.96. The van der Waals surface area contributed by atoms with Crippen LogP contribution in [0.3, 0.4) is 0 Å². The summed E-state index contributed by atoms with van der Waals surface area (Å²) in [6, 6.07) is 16.3. The Morgan fingerprint density at radius 2 is 1.86 bits per heavy atom. The number of primary sulfonamides is 1. The summed E-state index contributed by atoms with van der Waals surface area (Å²) in [4.78, 5) is 22.5. The summed E-state index contributed by atoms with van der Waals surface area (Å²) >= 11 is 0. The van der Waals surface area contributed by atoms with Crippen molar-refractivity contribution in [3.63, 3.8) is 0 Å². The number of methoxy groups -OCH3 is 1. The van der Waals surface area contributed by atoms with Crippen molar-refractivity contribution in [2.24, 2.45) is 5.14 Å². The highest BCUT2D eigenvalue weighted by molar-refractivity contribution is 7.89. The predicted molar refractivity (Wildman–Crippen MR) is 143 cm³/mol. The topological polar surface area (TPSA) is 140 Å². The summed E-state index contributed by atoms with van der Waals surface area (Å²) < 4.78 is 34.7. The lowest BCUT2D eigenvalue weighted by atomic mass is 10.1. The smallest absolute Gasteiger partial charge is 0.259 e. The highest BCUT2D eigenvalue weighted by atomic mass is 32.2. The molecule has 3 heterocycles. The molecule has 11 heteroatoms. The van der Waals surface area contributed by atoms with E-state index in [0.717, 1.165) is 24.5 Å². The van der Waals surface area contributed by atoms with E-state index in [-0.39, 0.29) is 17.1 Å². The van der Waals surface area contributed by atoms with E-state index in [1.807, 2.05) is 24.3 Å². The van der Waals surface area contributed by atoms with Crippen molar-refractivity contribution in [3.8, 4) is 11.3 Å². The molecular weight excluding hydrogens is 494 g/mol. The van der Waals surface area contributed by atoms with E-state index in [9.17, 15) is 13.2 Å². The number of nitrogens with two attached hydrogens (primary N) is 1. The van der Waals surface area contributed by atoms with Crippen LogP contribution in [-0.2, 0) is 26.1 Å². The molecule has 5 rings (SSSR count). The van der Waals surface area contributed by atoms with Crippen LogP contribution in [0.2, 0.25) is 0 Å². The first kappa shape index (κ1) is 24.9. The Bertz CT molecular complexity index is 1600. The fourth-order valence-electron chi connectivity index (χ4n) is 4.45. The number of anilines is 3. The van der Waals surface area contributed by atoms with Crippen molar-refractivity contribution in [1.82, 2.24) is 9.97 Å². The van der Waals surface area contributed by atoms with Gasteiger partial charge in [0.05, 0.1) is 35.8 Å². The van der Waals surface area contributed by atoms with Gasteiger partial charge in [-0.15, -0.1) is 0 Å². The maximum Gasteiger partial charge on any atom is 0.259 e. The molecule has 192 valence electrons. The van der Waals surface area contributed by atoms with Gasteiger partial charge < -0.3 is 24.7 Å². The molecule has 10 nitrogen and oxygen atoms in total. The Kier molecular flexibility index (Phi) is 6.94. The Balaban J connectivity index is 1.55. The average Bonchev–Trinajstić information content (AvgIpc) is 2.89. The van der Waals surface area contributed by atoms with Gasteiger partial charge in [0.2, 0.25) is 10.0 Å². The molecule has 0 aliphatic carbocycles. The van der Waals surface area contributed by atoms with Crippen LogP contribution >= 0.6 is 0 Å². The second-order valence-electron chi connectivity index (χ2n) is 8.70. The number of rotatable bonds is 7. The van der Waals surface area contributed by atoms with Gasteiger partial charge in [-0.25, -0.2) is 18.5 Å². The normalized spacial score (nSPS) is 14.2. The van der Waals surface area contributed by atoms with E-state index >= 15 is 0 Å². The average molecular weight is 522 g/mol. The molecule has 4 aromatic rings. The van der Waals surface area contributed by atoms with Crippen LogP contribution in [0.25, 0.3) is 22.0 Å². The first-order chi connectivity index (χ1) is 17.8. The van der Waals surface area contributed by atoms with Crippen molar-refractivity contribution in [1.29, 1.82) is 0 Å². The maximum absolute atomic E-state index is 12.7. The van der Waals surface area contributed by atoms with Gasteiger partial charge in [-0.2, -0.15) is 0 Å². The van der Waals surface area contributed by atoms with Crippen LogP contribution in [0.4, 0.5) is 17.2 Å². The summed E-state index contributed by atoms with van der Waals surface area (Å²) in [5, 5.41) is 9.77. The molecule has 0 amide bonds. The van der Waals surface area contributed by atoms with Gasteiger partial charge in [0.25, 0.3) is 5.56 Å². The molecule has 0 atom stereocenters. The fraction of sp³-hybridized carbons (Fsp3) is 0.231. The van der Waals surface area contributed by atoms with Crippen molar-refractivity contribution < 1.29 is 17.9 Å². The lowest BCUT2D eigenvalue weighted by molar-refractivity contribution is 0.122. The zero-order valence-electron chi connectivity index (χ0n) is 20.2. The van der Waals surface area contributed by atoms with Crippen molar-refractivity contribution in [2.75, 3.05) is 43.6 Å². The minimum Gasteiger partial charge on any atom is -0.380 e. The monoisotopic (exact) mass is 521 g/mol. The number of aromatic nitrogens is 2. The number of pyridine rings is 2. The molecule has 0 unspecified atom stereocenters. The largest absolute Gasteiger partial charge is 0.380 e. The second kappa shape index (κ2) is 10.3. The molecule has 37 heavy (non-hydrogen) atoms. The second-order valence-corrected chi connectivity index (χ2v) is 10.2. The van der Waals surface area contributed by atoms with Crippen LogP contribution in [-0.4, -0.2) is 51.8 Å². The summed E-state index contributed by atoms with van der Waals surface area (Å²) in [5.74, 6) is 0.386. The molecule has 2 aromatic heterocycles. The van der Waals surface area contributed by atoms with Gasteiger partial charge in [0.1, 0.15) is 5.82 Å². The number of benzene rings is 2. The quantitative estimate of drug-likeness (QED) is 0.337. The van der Waals surface area contributed by atoms with E-state index in [2.05, 4.69) is 15.2 Å². The number of hydrogen-bond acceptors (Lipinski definition) is 8. The van der Waals surface area contributed by atoms with E-state index in [1.165, 1.54) is 13.2 Å². The molecule has 4 N–H and O–H groups in total. The SMILES string of the molecule is COCc1cc(-c2cc3cc[nH]c(=O)c3c(Nc3ccc(N4CCOCC4)cc3)n2)ccc1S(N)(=O)=O. The number of fused-ring (bicyclic) bond motifs is 1. The zero-order chi connectivity index (χ0) is 26.0. The van der Waals surface area contributed by atoms with E-state index in [4.69, 9.17) is 19.6 Å². The van der Waals surface area contributed by atoms with Gasteiger partial charge in [0, 0.05) is 43.3 Å². The third kappa shape index (κ3) is 5.35. The number of hydrogen-bond donors (Lipinski definition) is 3. The summed E-state index contributed by atoms with van der Waals surface area (Å²) in [6.45, 7) is 3.15. The number of morpholine rings is 1. The number of aromatic amines is 1. The molecule has 1 aliphatic rings. The third-order valence-electron chi connectivity index (χ3n) is 6.22. The van der Waals surface area contributed by atoms with Crippen LogP contribution < -0.4 is 20.9 Å². The van der Waals surface area contributed by atoms with E-state index in [0.29, 0.717) is 46.6 Å². The number of sulfonamides is 1. The lowest BCUT2D eigenvalue weighted by Crippen LogP contribution is -2.36. The number of H-pyrrole nitrogens is 1. The van der Waals surface area contributed by atoms with Crippen LogP contribution in [0.15, 0.2) is 70.5 Å². The lowest BCUT2D eigenvalue weighted by Gasteiger charge is -2.28. The van der Waals surface area contributed by atoms with Gasteiger partial charge in [0.15, 0.2) is 0 Å². The Labute approximate surface area is 214 Å². The maximum atomic E-state index is 12.7. The molecule has 0 spiro atoms. The minimum absolute atomic E-state index is 0.00552. The standard InChI is InChI=1S/C26H27N5O5S/c1-35-16-19-14-17(2-7-23(19)37(27,33)34)22-15-18-8-9-28-26(32)24(18)25(30-22)29-20-3-5-21(6-4-20)31-10-12-36-13-11-31/h2-9,14-15H,10-13,16H2,1H3,(H,28,32)(H,29,30)(H2,27,33,34). The minimum atomic E-state index is -3.92. The molecule has 0 radical (unpaired) electrons. The molecule has 0 saturated carbocycles. The summed E-state index contributed by atoms with van der Waals surface area (Å²) in [5.41, 5.74) is 3.24. The Morgan fingerprint density at radius 3 is 2.57 bits per heavy atom. The molecule has 1 saturated heterocycles. The van der Waals surface area contributed by atoms with Crippen LogP contribution in [0.1, 0.15) is 5.56 Å². The van der Waals surface area contributed by atoms with Crippen molar-refractivity contribution in [2.45, 2.75) is 11.5 Å². The highest BCUT2D eigenvalue weighted by Gasteiger charge is 2.17. The molecule has 1 aliphatic heterocycles. The Hall–Kier alpha value is -3.77. The van der Waals surface area contributed by atoms with Crippen molar-refractivity contribution >= 4 is 38.0 Å². The molecule has 0 bridgehead atoms.